The zero-order valence-electron chi connectivity index (χ0n) is 16.8. The van der Waals surface area contributed by atoms with E-state index in [4.69, 9.17) is 34.7 Å². The van der Waals surface area contributed by atoms with Crippen LogP contribution in [-0.2, 0) is 0 Å². The largest absolute Gasteiger partial charge is 0.326 e. The first-order chi connectivity index (χ1) is 11.6. The van der Waals surface area contributed by atoms with Crippen molar-refractivity contribution in [2.24, 2.45) is 22.3 Å². The first-order valence-electron chi connectivity index (χ1n) is 10.5. The predicted molar refractivity (Wildman–Crippen MR) is 111 cm³/mol. The Bertz CT molecular complexity index is 407. The minimum atomic E-state index is -0.397. The van der Waals surface area contributed by atoms with Crippen molar-refractivity contribution in [2.75, 3.05) is 0 Å². The highest BCUT2D eigenvalue weighted by molar-refractivity contribution is 6.28. The molecule has 0 radical (unpaired) electrons. The highest BCUT2D eigenvalue weighted by Crippen LogP contribution is 2.55. The lowest BCUT2D eigenvalue weighted by atomic mass is 9.60. The molecule has 0 heterocycles. The van der Waals surface area contributed by atoms with Crippen LogP contribution >= 0.6 is 23.2 Å². The molecule has 2 nitrogen and oxygen atoms in total. The second-order valence-corrected chi connectivity index (χ2v) is 10.8. The van der Waals surface area contributed by atoms with Crippen LogP contribution in [0.5, 0.6) is 0 Å². The molecule has 0 amide bonds. The predicted octanol–water partition coefficient (Wildman–Crippen LogP) is 5.97. The van der Waals surface area contributed by atoms with Crippen LogP contribution in [0.3, 0.4) is 0 Å². The molecule has 4 heteroatoms. The number of hydrogen-bond donors (Lipinski definition) is 2. The van der Waals surface area contributed by atoms with Crippen molar-refractivity contribution >= 4 is 23.2 Å². The van der Waals surface area contributed by atoms with Crippen molar-refractivity contribution in [2.45, 2.75) is 120 Å². The average molecular weight is 391 g/mol. The van der Waals surface area contributed by atoms with Gasteiger partial charge in [0, 0.05) is 12.1 Å². The quantitative estimate of drug-likeness (QED) is 0.548. The van der Waals surface area contributed by atoms with E-state index in [9.17, 15) is 0 Å². The molecule has 0 bridgehead atoms. The van der Waals surface area contributed by atoms with E-state index in [-0.39, 0.29) is 12.1 Å². The third-order valence-corrected chi connectivity index (χ3v) is 9.57. The topological polar surface area (TPSA) is 52.0 Å². The highest BCUT2D eigenvalue weighted by Gasteiger charge is 2.53. The summed E-state index contributed by atoms with van der Waals surface area (Å²) >= 11 is 14.3. The number of rotatable bonds is 6. The van der Waals surface area contributed by atoms with E-state index in [2.05, 4.69) is 27.7 Å². The second kappa shape index (κ2) is 7.86. The van der Waals surface area contributed by atoms with Gasteiger partial charge in [-0.15, -0.1) is 23.2 Å². The van der Waals surface area contributed by atoms with Gasteiger partial charge >= 0.3 is 0 Å². The zero-order chi connectivity index (χ0) is 18.9. The Morgan fingerprint density at radius 2 is 1.00 bits per heavy atom. The molecule has 0 aromatic rings. The van der Waals surface area contributed by atoms with Crippen LogP contribution in [0, 0.1) is 10.8 Å². The summed E-state index contributed by atoms with van der Waals surface area (Å²) in [4.78, 5) is -0.794. The first kappa shape index (κ1) is 21.8. The Balaban J connectivity index is 2.10. The lowest BCUT2D eigenvalue weighted by molar-refractivity contribution is 0.0888. The number of halogens is 2. The molecular weight excluding hydrogens is 351 g/mol. The number of hydrogen-bond acceptors (Lipinski definition) is 2. The molecule has 2 aliphatic carbocycles. The molecule has 4 atom stereocenters. The molecule has 148 valence electrons. The average Bonchev–Trinajstić information content (AvgIpc) is 2.60. The molecule has 0 aliphatic heterocycles. The fourth-order valence-corrected chi connectivity index (χ4v) is 6.42. The van der Waals surface area contributed by atoms with Crippen molar-refractivity contribution in [3.63, 3.8) is 0 Å². The van der Waals surface area contributed by atoms with E-state index >= 15 is 0 Å². The molecule has 0 saturated heterocycles. The monoisotopic (exact) mass is 390 g/mol. The Labute approximate surface area is 165 Å². The van der Waals surface area contributed by atoms with Gasteiger partial charge in [0.2, 0.25) is 0 Å². The van der Waals surface area contributed by atoms with Gasteiger partial charge in [-0.05, 0) is 55.8 Å². The van der Waals surface area contributed by atoms with Gasteiger partial charge in [0.15, 0.2) is 0 Å². The Morgan fingerprint density at radius 3 is 1.24 bits per heavy atom. The number of alkyl halides is 2. The van der Waals surface area contributed by atoms with Gasteiger partial charge in [-0.1, -0.05) is 53.4 Å². The van der Waals surface area contributed by atoms with E-state index < -0.39 is 9.75 Å². The number of nitrogens with two attached hydrogens (primary N) is 2. The molecule has 2 rings (SSSR count). The molecule has 0 aromatic carbocycles. The third kappa shape index (κ3) is 4.18. The molecule has 4 N–H and O–H groups in total. The van der Waals surface area contributed by atoms with Crippen molar-refractivity contribution in [3.8, 4) is 0 Å². The lowest BCUT2D eigenvalue weighted by Crippen LogP contribution is -2.59. The molecular formula is C21H40Cl2N2. The first-order valence-corrected chi connectivity index (χ1v) is 11.3. The third-order valence-electron chi connectivity index (χ3n) is 8.36. The van der Waals surface area contributed by atoms with Gasteiger partial charge < -0.3 is 11.5 Å². The Hall–Kier alpha value is 0.500. The van der Waals surface area contributed by atoms with Gasteiger partial charge in [-0.25, -0.2) is 0 Å². The summed E-state index contributed by atoms with van der Waals surface area (Å²) in [5.41, 5.74) is 14.0. The van der Waals surface area contributed by atoms with Crippen molar-refractivity contribution in [3.05, 3.63) is 0 Å². The van der Waals surface area contributed by atoms with Crippen LogP contribution in [0.2, 0.25) is 0 Å². The Kier molecular flexibility index (Phi) is 6.85. The van der Waals surface area contributed by atoms with Crippen LogP contribution in [0.1, 0.15) is 98.3 Å². The van der Waals surface area contributed by atoms with Crippen LogP contribution < -0.4 is 11.5 Å². The summed E-state index contributed by atoms with van der Waals surface area (Å²) in [6, 6.07) is 0.0179. The molecule has 2 fully saturated rings. The van der Waals surface area contributed by atoms with E-state index in [0.29, 0.717) is 10.8 Å². The summed E-state index contributed by atoms with van der Waals surface area (Å²) in [5, 5.41) is 0. The maximum absolute atomic E-state index is 7.13. The molecule has 0 spiro atoms. The molecule has 2 aliphatic rings. The Morgan fingerprint density at radius 1 is 0.680 bits per heavy atom. The van der Waals surface area contributed by atoms with Gasteiger partial charge in [-0.3, -0.25) is 0 Å². The normalized spacial score (nSPS) is 40.8. The van der Waals surface area contributed by atoms with Gasteiger partial charge in [-0.2, -0.15) is 0 Å². The SMILES string of the molecule is CCC1(CC)CCC(Cl)(CC2(Cl)CCC(CC)(CC)CC2N)C(N)C1. The van der Waals surface area contributed by atoms with E-state index in [1.54, 1.807) is 0 Å². The van der Waals surface area contributed by atoms with E-state index in [1.807, 2.05) is 0 Å². The summed E-state index contributed by atoms with van der Waals surface area (Å²) in [7, 11) is 0. The van der Waals surface area contributed by atoms with Crippen LogP contribution in [0.25, 0.3) is 0 Å². The van der Waals surface area contributed by atoms with Gasteiger partial charge in [0.05, 0.1) is 9.75 Å². The fraction of sp³-hybridized carbons (Fsp3) is 1.00. The minimum Gasteiger partial charge on any atom is -0.326 e. The lowest BCUT2D eigenvalue weighted by Gasteiger charge is -2.53. The van der Waals surface area contributed by atoms with Crippen LogP contribution in [0.4, 0.5) is 0 Å². The molecule has 4 unspecified atom stereocenters. The second-order valence-electron chi connectivity index (χ2n) is 9.28. The van der Waals surface area contributed by atoms with E-state index in [1.165, 1.54) is 25.7 Å². The standard InChI is InChI=1S/C21H40Cl2N2/c1-5-18(6-2)9-11-20(22,16(24)13-18)15-21(23)12-10-19(7-3,8-4)14-17(21)25/h16-17H,5-15,24-25H2,1-4H3. The summed E-state index contributed by atoms with van der Waals surface area (Å²) in [6.07, 6.45) is 11.8. The van der Waals surface area contributed by atoms with Crippen LogP contribution in [-0.4, -0.2) is 21.8 Å². The summed E-state index contributed by atoms with van der Waals surface area (Å²) in [6.45, 7) is 9.14. The summed E-state index contributed by atoms with van der Waals surface area (Å²) in [5.74, 6) is 0. The van der Waals surface area contributed by atoms with E-state index in [0.717, 1.165) is 44.9 Å². The van der Waals surface area contributed by atoms with Gasteiger partial charge in [0.1, 0.15) is 0 Å². The zero-order valence-corrected chi connectivity index (χ0v) is 18.4. The minimum absolute atomic E-state index is 0.00896. The molecule has 0 aromatic heterocycles. The van der Waals surface area contributed by atoms with Gasteiger partial charge in [0.25, 0.3) is 0 Å². The van der Waals surface area contributed by atoms with Crippen molar-refractivity contribution < 1.29 is 0 Å². The highest BCUT2D eigenvalue weighted by atomic mass is 35.5. The van der Waals surface area contributed by atoms with Crippen molar-refractivity contribution in [1.82, 2.24) is 0 Å². The summed E-state index contributed by atoms with van der Waals surface area (Å²) < 4.78 is 0. The maximum atomic E-state index is 7.13. The van der Waals surface area contributed by atoms with Crippen molar-refractivity contribution in [1.29, 1.82) is 0 Å². The van der Waals surface area contributed by atoms with Crippen LogP contribution in [0.15, 0.2) is 0 Å². The molecule has 2 saturated carbocycles. The maximum Gasteiger partial charge on any atom is 0.0614 e. The smallest absolute Gasteiger partial charge is 0.0614 e. The molecule has 25 heavy (non-hydrogen) atoms. The fourth-order valence-electron chi connectivity index (χ4n) is 5.53.